The van der Waals surface area contributed by atoms with Crippen molar-refractivity contribution < 1.29 is 4.92 Å². The van der Waals surface area contributed by atoms with Gasteiger partial charge in [0.05, 0.1) is 10.6 Å². The van der Waals surface area contributed by atoms with E-state index in [1.165, 1.54) is 6.07 Å². The maximum absolute atomic E-state index is 10.9. The number of nitro groups is 1. The van der Waals surface area contributed by atoms with Gasteiger partial charge in [0, 0.05) is 24.2 Å². The molecule has 0 radical (unpaired) electrons. The summed E-state index contributed by atoms with van der Waals surface area (Å²) in [4.78, 5) is 10.5. The van der Waals surface area contributed by atoms with Crippen molar-refractivity contribution in [3.8, 4) is 0 Å². The SMILES string of the molecule is Cc1cc(CC(C)Nc2ccccc2[N+](=O)[O-])n[nH]1. The predicted molar refractivity (Wildman–Crippen MR) is 73.2 cm³/mol. The molecule has 100 valence electrons. The average molecular weight is 260 g/mol. The Morgan fingerprint density at radius 2 is 2.21 bits per heavy atom. The van der Waals surface area contributed by atoms with Crippen LogP contribution >= 0.6 is 0 Å². The van der Waals surface area contributed by atoms with Crippen LogP contribution in [-0.2, 0) is 6.42 Å². The lowest BCUT2D eigenvalue weighted by Crippen LogP contribution is -2.19. The van der Waals surface area contributed by atoms with Gasteiger partial charge in [-0.2, -0.15) is 5.10 Å². The van der Waals surface area contributed by atoms with Crippen LogP contribution in [0.15, 0.2) is 30.3 Å². The van der Waals surface area contributed by atoms with Crippen LogP contribution < -0.4 is 5.32 Å². The topological polar surface area (TPSA) is 83.8 Å². The van der Waals surface area contributed by atoms with Crippen LogP contribution in [0, 0.1) is 17.0 Å². The molecule has 0 aliphatic rings. The molecule has 0 aliphatic heterocycles. The van der Waals surface area contributed by atoms with Gasteiger partial charge in [-0.25, -0.2) is 0 Å². The minimum atomic E-state index is -0.381. The van der Waals surface area contributed by atoms with E-state index in [1.54, 1.807) is 18.2 Å². The van der Waals surface area contributed by atoms with E-state index in [0.29, 0.717) is 12.1 Å². The summed E-state index contributed by atoms with van der Waals surface area (Å²) < 4.78 is 0. The molecule has 2 rings (SSSR count). The van der Waals surface area contributed by atoms with Gasteiger partial charge in [-0.05, 0) is 26.0 Å². The van der Waals surface area contributed by atoms with E-state index in [2.05, 4.69) is 15.5 Å². The summed E-state index contributed by atoms with van der Waals surface area (Å²) in [5.41, 5.74) is 2.57. The van der Waals surface area contributed by atoms with E-state index in [1.807, 2.05) is 19.9 Å². The Morgan fingerprint density at radius 3 is 2.84 bits per heavy atom. The van der Waals surface area contributed by atoms with E-state index in [9.17, 15) is 10.1 Å². The number of nitrogens with one attached hydrogen (secondary N) is 2. The number of hydrogen-bond acceptors (Lipinski definition) is 4. The number of para-hydroxylation sites is 2. The second-order valence-electron chi connectivity index (χ2n) is 4.57. The molecule has 0 fully saturated rings. The second-order valence-corrected chi connectivity index (χ2v) is 4.57. The molecule has 6 heteroatoms. The highest BCUT2D eigenvalue weighted by Crippen LogP contribution is 2.24. The Labute approximate surface area is 111 Å². The molecular weight excluding hydrogens is 244 g/mol. The molecule has 0 saturated carbocycles. The quantitative estimate of drug-likeness (QED) is 0.639. The number of nitrogens with zero attached hydrogens (tertiary/aromatic N) is 2. The lowest BCUT2D eigenvalue weighted by atomic mass is 10.1. The van der Waals surface area contributed by atoms with Crippen molar-refractivity contribution in [3.63, 3.8) is 0 Å². The summed E-state index contributed by atoms with van der Waals surface area (Å²) in [6.45, 7) is 3.91. The highest BCUT2D eigenvalue weighted by molar-refractivity contribution is 5.61. The van der Waals surface area contributed by atoms with Gasteiger partial charge in [0.15, 0.2) is 0 Å². The van der Waals surface area contributed by atoms with E-state index in [-0.39, 0.29) is 16.7 Å². The van der Waals surface area contributed by atoms with Crippen molar-refractivity contribution >= 4 is 11.4 Å². The van der Waals surface area contributed by atoms with Crippen LogP contribution in [-0.4, -0.2) is 21.2 Å². The summed E-state index contributed by atoms with van der Waals surface area (Å²) >= 11 is 0. The molecule has 19 heavy (non-hydrogen) atoms. The summed E-state index contributed by atoms with van der Waals surface area (Å²) in [6, 6.07) is 8.67. The van der Waals surface area contributed by atoms with E-state index in [0.717, 1.165) is 11.4 Å². The highest BCUT2D eigenvalue weighted by atomic mass is 16.6. The zero-order chi connectivity index (χ0) is 13.8. The third kappa shape index (κ3) is 3.31. The molecule has 1 unspecified atom stereocenters. The maximum Gasteiger partial charge on any atom is 0.292 e. The molecule has 0 aliphatic carbocycles. The minimum absolute atomic E-state index is 0.0591. The predicted octanol–water partition coefficient (Wildman–Crippen LogP) is 2.67. The number of benzene rings is 1. The summed E-state index contributed by atoms with van der Waals surface area (Å²) in [7, 11) is 0. The standard InChI is InChI=1S/C13H16N4O2/c1-9(7-11-8-10(2)15-16-11)14-12-5-3-4-6-13(12)17(18)19/h3-6,8-9,14H,7H2,1-2H3,(H,15,16). The van der Waals surface area contributed by atoms with Gasteiger partial charge in [-0.1, -0.05) is 12.1 Å². The first-order valence-electron chi connectivity index (χ1n) is 6.07. The number of anilines is 1. The van der Waals surface area contributed by atoms with Crippen LogP contribution in [0.25, 0.3) is 0 Å². The van der Waals surface area contributed by atoms with Crippen LogP contribution in [0.1, 0.15) is 18.3 Å². The normalized spacial score (nSPS) is 12.1. The molecule has 1 aromatic carbocycles. The molecule has 0 bridgehead atoms. The number of H-pyrrole nitrogens is 1. The first-order chi connectivity index (χ1) is 9.06. The van der Waals surface area contributed by atoms with Gasteiger partial charge in [-0.3, -0.25) is 15.2 Å². The summed E-state index contributed by atoms with van der Waals surface area (Å²) in [5, 5.41) is 21.1. The van der Waals surface area contributed by atoms with Crippen LogP contribution in [0.5, 0.6) is 0 Å². The lowest BCUT2D eigenvalue weighted by Gasteiger charge is -2.13. The van der Waals surface area contributed by atoms with Gasteiger partial charge < -0.3 is 5.32 Å². The van der Waals surface area contributed by atoms with Gasteiger partial charge in [0.25, 0.3) is 5.69 Å². The van der Waals surface area contributed by atoms with Crippen molar-refractivity contribution in [2.45, 2.75) is 26.3 Å². The van der Waals surface area contributed by atoms with Gasteiger partial charge in [-0.15, -0.1) is 0 Å². The summed E-state index contributed by atoms with van der Waals surface area (Å²) in [6.07, 6.45) is 0.705. The number of aromatic nitrogens is 2. The molecule has 2 N–H and O–H groups in total. The first-order valence-corrected chi connectivity index (χ1v) is 6.07. The van der Waals surface area contributed by atoms with Crippen LogP contribution in [0.3, 0.4) is 0 Å². The smallest absolute Gasteiger partial charge is 0.292 e. The number of rotatable bonds is 5. The third-order valence-corrected chi connectivity index (χ3v) is 2.78. The highest BCUT2D eigenvalue weighted by Gasteiger charge is 2.14. The molecule has 0 saturated heterocycles. The number of nitro benzene ring substituents is 1. The molecule has 2 aromatic rings. The molecule has 1 aromatic heterocycles. The Bertz CT molecular complexity index is 580. The van der Waals surface area contributed by atoms with Crippen molar-refractivity contribution in [2.24, 2.45) is 0 Å². The Balaban J connectivity index is 2.06. The fourth-order valence-corrected chi connectivity index (χ4v) is 1.96. The van der Waals surface area contributed by atoms with Crippen molar-refractivity contribution in [2.75, 3.05) is 5.32 Å². The van der Waals surface area contributed by atoms with E-state index < -0.39 is 0 Å². The average Bonchev–Trinajstić information content (AvgIpc) is 2.75. The fraction of sp³-hybridized carbons (Fsp3) is 0.308. The Morgan fingerprint density at radius 1 is 1.47 bits per heavy atom. The molecule has 1 atom stereocenters. The van der Waals surface area contributed by atoms with Crippen molar-refractivity contribution in [1.82, 2.24) is 10.2 Å². The molecule has 1 heterocycles. The minimum Gasteiger partial charge on any atom is -0.377 e. The largest absolute Gasteiger partial charge is 0.377 e. The molecule has 6 nitrogen and oxygen atoms in total. The van der Waals surface area contributed by atoms with E-state index in [4.69, 9.17) is 0 Å². The van der Waals surface area contributed by atoms with Crippen LogP contribution in [0.2, 0.25) is 0 Å². The van der Waals surface area contributed by atoms with Gasteiger partial charge in [0.1, 0.15) is 5.69 Å². The molecular formula is C13H16N4O2. The fourth-order valence-electron chi connectivity index (χ4n) is 1.96. The van der Waals surface area contributed by atoms with Gasteiger partial charge in [0.2, 0.25) is 0 Å². The van der Waals surface area contributed by atoms with E-state index >= 15 is 0 Å². The van der Waals surface area contributed by atoms with Crippen molar-refractivity contribution in [1.29, 1.82) is 0 Å². The number of hydrogen-bond donors (Lipinski definition) is 2. The molecule has 0 amide bonds. The maximum atomic E-state index is 10.9. The Kier molecular flexibility index (Phi) is 3.79. The van der Waals surface area contributed by atoms with Crippen molar-refractivity contribution in [3.05, 3.63) is 51.8 Å². The Hall–Kier alpha value is -2.37. The second kappa shape index (κ2) is 5.51. The zero-order valence-corrected chi connectivity index (χ0v) is 10.9. The third-order valence-electron chi connectivity index (χ3n) is 2.78. The number of aryl methyl sites for hydroxylation is 1. The molecule has 0 spiro atoms. The van der Waals surface area contributed by atoms with Gasteiger partial charge >= 0.3 is 0 Å². The van der Waals surface area contributed by atoms with Crippen LogP contribution in [0.4, 0.5) is 11.4 Å². The monoisotopic (exact) mass is 260 g/mol. The first kappa shape index (κ1) is 13.1. The lowest BCUT2D eigenvalue weighted by molar-refractivity contribution is -0.384. The number of aromatic amines is 1. The summed E-state index contributed by atoms with van der Waals surface area (Å²) in [5.74, 6) is 0. The zero-order valence-electron chi connectivity index (χ0n) is 10.9.